The molecule has 0 spiro atoms. The van der Waals surface area contributed by atoms with Crippen LogP contribution >= 0.6 is 11.8 Å². The second kappa shape index (κ2) is 8.23. The molecule has 0 radical (unpaired) electrons. The van der Waals surface area contributed by atoms with Crippen molar-refractivity contribution in [3.05, 3.63) is 76.3 Å². The number of hydrogen-bond acceptors (Lipinski definition) is 7. The third-order valence-corrected chi connectivity index (χ3v) is 5.21. The number of nitrogens with zero attached hydrogens (tertiary/aromatic N) is 6. The van der Waals surface area contributed by atoms with E-state index in [-0.39, 0.29) is 12.1 Å². The highest BCUT2D eigenvalue weighted by molar-refractivity contribution is 7.98. The Morgan fingerprint density at radius 1 is 1.07 bits per heavy atom. The van der Waals surface area contributed by atoms with Gasteiger partial charge in [0.25, 0.3) is 5.56 Å². The zero-order chi connectivity index (χ0) is 20.2. The van der Waals surface area contributed by atoms with Crippen LogP contribution in [0.4, 0.5) is 0 Å². The molecule has 146 valence electrons. The summed E-state index contributed by atoms with van der Waals surface area (Å²) in [6.45, 7) is 0.289. The molecule has 0 bridgehead atoms. The number of rotatable bonds is 7. The Balaban J connectivity index is 1.63. The van der Waals surface area contributed by atoms with E-state index < -0.39 is 5.91 Å². The fourth-order valence-corrected chi connectivity index (χ4v) is 3.75. The predicted molar refractivity (Wildman–Crippen MR) is 108 cm³/mol. The highest BCUT2D eigenvalue weighted by Gasteiger charge is 2.15. The fourth-order valence-electron chi connectivity index (χ4n) is 2.93. The van der Waals surface area contributed by atoms with Crippen LogP contribution in [0.15, 0.2) is 64.5 Å². The Morgan fingerprint density at radius 3 is 2.62 bits per heavy atom. The SMILES string of the molecule is NC(=O)Cn1c(CSc2nnnn2Cc2ccccc2)nc2ccccc2c1=O. The summed E-state index contributed by atoms with van der Waals surface area (Å²) in [6.07, 6.45) is 0. The van der Waals surface area contributed by atoms with Crippen molar-refractivity contribution in [2.45, 2.75) is 24.0 Å². The standard InChI is InChI=1S/C19H17N7O2S/c20-16(27)11-25-17(21-15-9-5-4-8-14(15)18(25)28)12-29-19-22-23-24-26(19)10-13-6-2-1-3-7-13/h1-9H,10-12H2,(H2,20,27). The molecule has 0 aliphatic rings. The molecule has 2 aromatic heterocycles. The molecule has 0 saturated heterocycles. The minimum Gasteiger partial charge on any atom is -0.368 e. The van der Waals surface area contributed by atoms with Crippen LogP contribution in [0.3, 0.4) is 0 Å². The largest absolute Gasteiger partial charge is 0.368 e. The molecule has 0 fully saturated rings. The molecule has 0 atom stereocenters. The molecule has 2 N–H and O–H groups in total. The summed E-state index contributed by atoms with van der Waals surface area (Å²) >= 11 is 1.34. The Morgan fingerprint density at radius 2 is 1.83 bits per heavy atom. The van der Waals surface area contributed by atoms with Gasteiger partial charge in [0.2, 0.25) is 11.1 Å². The van der Waals surface area contributed by atoms with E-state index in [9.17, 15) is 9.59 Å². The first-order valence-corrected chi connectivity index (χ1v) is 9.80. The van der Waals surface area contributed by atoms with Crippen molar-refractivity contribution < 1.29 is 4.79 Å². The van der Waals surface area contributed by atoms with Crippen LogP contribution < -0.4 is 11.3 Å². The van der Waals surface area contributed by atoms with Crippen molar-refractivity contribution in [3.63, 3.8) is 0 Å². The summed E-state index contributed by atoms with van der Waals surface area (Å²) in [6, 6.07) is 16.8. The molecule has 10 heteroatoms. The number of primary amides is 1. The highest BCUT2D eigenvalue weighted by Crippen LogP contribution is 2.20. The van der Waals surface area contributed by atoms with Gasteiger partial charge in [-0.05, 0) is 28.1 Å². The van der Waals surface area contributed by atoms with Gasteiger partial charge in [-0.3, -0.25) is 14.2 Å². The fraction of sp³-hybridized carbons (Fsp3) is 0.158. The number of carbonyl (C=O) groups excluding carboxylic acids is 1. The number of tetrazole rings is 1. The van der Waals surface area contributed by atoms with E-state index in [0.717, 1.165) is 5.56 Å². The zero-order valence-corrected chi connectivity index (χ0v) is 16.1. The summed E-state index contributed by atoms with van der Waals surface area (Å²) < 4.78 is 2.99. The molecule has 0 unspecified atom stereocenters. The number of thioether (sulfide) groups is 1. The van der Waals surface area contributed by atoms with Gasteiger partial charge in [0.15, 0.2) is 0 Å². The Labute approximate surface area is 169 Å². The van der Waals surface area contributed by atoms with E-state index in [1.54, 1.807) is 22.9 Å². The molecule has 2 aromatic carbocycles. The van der Waals surface area contributed by atoms with Gasteiger partial charge in [0.05, 0.1) is 23.2 Å². The number of nitrogens with two attached hydrogens (primary N) is 1. The molecule has 2 heterocycles. The molecule has 0 aliphatic heterocycles. The maximum absolute atomic E-state index is 12.8. The second-order valence-corrected chi connectivity index (χ2v) is 7.24. The number of fused-ring (bicyclic) bond motifs is 1. The summed E-state index contributed by atoms with van der Waals surface area (Å²) in [7, 11) is 0. The van der Waals surface area contributed by atoms with Gasteiger partial charge in [0, 0.05) is 0 Å². The van der Waals surface area contributed by atoms with Crippen molar-refractivity contribution in [3.8, 4) is 0 Å². The van der Waals surface area contributed by atoms with Gasteiger partial charge in [0.1, 0.15) is 12.4 Å². The molecule has 0 aliphatic carbocycles. The highest BCUT2D eigenvalue weighted by atomic mass is 32.2. The van der Waals surface area contributed by atoms with Gasteiger partial charge < -0.3 is 5.73 Å². The summed E-state index contributed by atoms with van der Waals surface area (Å²) in [4.78, 5) is 28.9. The van der Waals surface area contributed by atoms with Crippen LogP contribution in [-0.2, 0) is 23.6 Å². The lowest BCUT2D eigenvalue weighted by Gasteiger charge is -2.12. The average Bonchev–Trinajstić information content (AvgIpc) is 3.16. The lowest BCUT2D eigenvalue weighted by Crippen LogP contribution is -2.31. The van der Waals surface area contributed by atoms with Crippen molar-refractivity contribution in [1.82, 2.24) is 29.8 Å². The first kappa shape index (κ1) is 18.8. The third kappa shape index (κ3) is 4.16. The summed E-state index contributed by atoms with van der Waals surface area (Å²) in [5.74, 6) is 0.138. The molecular formula is C19H17N7O2S. The van der Waals surface area contributed by atoms with Gasteiger partial charge in [-0.15, -0.1) is 5.10 Å². The lowest BCUT2D eigenvalue weighted by molar-refractivity contribution is -0.118. The Hall–Kier alpha value is -3.53. The van der Waals surface area contributed by atoms with E-state index in [1.807, 2.05) is 36.4 Å². The molecule has 4 rings (SSSR count). The van der Waals surface area contributed by atoms with Gasteiger partial charge in [-0.2, -0.15) is 0 Å². The maximum Gasteiger partial charge on any atom is 0.261 e. The third-order valence-electron chi connectivity index (χ3n) is 4.26. The predicted octanol–water partition coefficient (Wildman–Crippen LogP) is 1.21. The lowest BCUT2D eigenvalue weighted by atomic mass is 10.2. The van der Waals surface area contributed by atoms with E-state index >= 15 is 0 Å². The number of para-hydroxylation sites is 1. The smallest absolute Gasteiger partial charge is 0.261 e. The molecule has 4 aromatic rings. The normalized spacial score (nSPS) is 11.0. The zero-order valence-electron chi connectivity index (χ0n) is 15.3. The van der Waals surface area contributed by atoms with E-state index in [0.29, 0.717) is 34.2 Å². The Kier molecular flexibility index (Phi) is 5.34. The number of aromatic nitrogens is 6. The van der Waals surface area contributed by atoms with Crippen LogP contribution in [-0.4, -0.2) is 35.7 Å². The molecule has 0 saturated carbocycles. The van der Waals surface area contributed by atoms with Gasteiger partial charge >= 0.3 is 0 Å². The summed E-state index contributed by atoms with van der Waals surface area (Å²) in [5, 5.41) is 12.9. The van der Waals surface area contributed by atoms with Crippen molar-refractivity contribution in [2.75, 3.05) is 0 Å². The van der Waals surface area contributed by atoms with Crippen LogP contribution in [0.1, 0.15) is 11.4 Å². The average molecular weight is 407 g/mol. The first-order valence-electron chi connectivity index (χ1n) is 8.81. The van der Waals surface area contributed by atoms with Crippen LogP contribution in [0.25, 0.3) is 10.9 Å². The molecule has 1 amide bonds. The topological polar surface area (TPSA) is 122 Å². The minimum atomic E-state index is -0.607. The molecule has 29 heavy (non-hydrogen) atoms. The quantitative estimate of drug-likeness (QED) is 0.457. The second-order valence-electron chi connectivity index (χ2n) is 6.30. The number of benzene rings is 2. The van der Waals surface area contributed by atoms with Crippen molar-refractivity contribution in [1.29, 1.82) is 0 Å². The van der Waals surface area contributed by atoms with E-state index in [2.05, 4.69) is 20.5 Å². The Bertz CT molecular complexity index is 1220. The molecule has 9 nitrogen and oxygen atoms in total. The van der Waals surface area contributed by atoms with Crippen molar-refractivity contribution in [2.24, 2.45) is 5.73 Å². The maximum atomic E-state index is 12.8. The minimum absolute atomic E-state index is 0.235. The van der Waals surface area contributed by atoms with Gasteiger partial charge in [-0.1, -0.05) is 54.2 Å². The number of hydrogen-bond donors (Lipinski definition) is 1. The number of amides is 1. The van der Waals surface area contributed by atoms with Crippen LogP contribution in [0, 0.1) is 0 Å². The monoisotopic (exact) mass is 407 g/mol. The van der Waals surface area contributed by atoms with Crippen LogP contribution in [0.2, 0.25) is 0 Å². The van der Waals surface area contributed by atoms with E-state index in [1.165, 1.54) is 16.3 Å². The first-order chi connectivity index (χ1) is 14.1. The summed E-state index contributed by atoms with van der Waals surface area (Å²) in [5.41, 5.74) is 6.67. The number of carbonyl (C=O) groups is 1. The van der Waals surface area contributed by atoms with E-state index in [4.69, 9.17) is 5.73 Å². The van der Waals surface area contributed by atoms with Crippen molar-refractivity contribution >= 4 is 28.6 Å². The molecular weight excluding hydrogens is 390 g/mol. The van der Waals surface area contributed by atoms with Crippen LogP contribution in [0.5, 0.6) is 0 Å². The van der Waals surface area contributed by atoms with Gasteiger partial charge in [-0.25, -0.2) is 9.67 Å².